The number of hydrogen-bond acceptors (Lipinski definition) is 6. The number of rotatable bonds is 15. The van der Waals surface area contributed by atoms with Crippen molar-refractivity contribution in [2.24, 2.45) is 11.3 Å². The first-order chi connectivity index (χ1) is 37.1. The lowest BCUT2D eigenvalue weighted by atomic mass is 9.63. The molecule has 6 aromatic carbocycles. The Bertz CT molecular complexity index is 3560. The summed E-state index contributed by atoms with van der Waals surface area (Å²) in [4.78, 5) is 20.7. The Kier molecular flexibility index (Phi) is 13.5. The van der Waals surface area contributed by atoms with E-state index in [4.69, 9.17) is 9.97 Å². The van der Waals surface area contributed by atoms with Gasteiger partial charge in [-0.15, -0.1) is 0 Å². The Morgan fingerprint density at radius 1 is 0.671 bits per heavy atom. The lowest BCUT2D eigenvalue weighted by Crippen LogP contribution is -2.33. The Balaban J connectivity index is 1.00. The van der Waals surface area contributed by atoms with Gasteiger partial charge in [-0.1, -0.05) is 167 Å². The Hall–Kier alpha value is -8.48. The molecule has 1 aliphatic carbocycles. The summed E-state index contributed by atoms with van der Waals surface area (Å²) in [7, 11) is 2.22. The lowest BCUT2D eigenvalue weighted by Gasteiger charge is -2.39. The molecule has 76 heavy (non-hydrogen) atoms. The average molecular weight is 993 g/mol. The number of allylic oxidation sites excluding steroid dienone is 12. The minimum Gasteiger partial charge on any atom is -0.348 e. The molecule has 6 nitrogen and oxygen atoms in total. The van der Waals surface area contributed by atoms with Gasteiger partial charge < -0.3 is 14.7 Å². The Labute approximate surface area is 451 Å². The summed E-state index contributed by atoms with van der Waals surface area (Å²) in [5.41, 5.74) is 21.9. The van der Waals surface area contributed by atoms with Crippen molar-refractivity contribution in [3.63, 3.8) is 0 Å². The molecule has 0 saturated heterocycles. The minimum absolute atomic E-state index is 0.0326. The third kappa shape index (κ3) is 8.28. The molecule has 1 aromatic heterocycles. The summed E-state index contributed by atoms with van der Waals surface area (Å²) < 4.78 is 0. The zero-order chi connectivity index (χ0) is 52.7. The number of hydrogen-bond donors (Lipinski definition) is 0. The zero-order valence-electron chi connectivity index (χ0n) is 45.1. The van der Waals surface area contributed by atoms with Gasteiger partial charge in [-0.2, -0.15) is 0 Å². The van der Waals surface area contributed by atoms with Crippen molar-refractivity contribution in [1.82, 2.24) is 9.97 Å². The molecule has 4 heterocycles. The number of anilines is 6. The van der Waals surface area contributed by atoms with Gasteiger partial charge in [-0.25, -0.2) is 9.97 Å². The first-order valence-electron chi connectivity index (χ1n) is 27.1. The highest BCUT2D eigenvalue weighted by Gasteiger charge is 2.58. The second kappa shape index (κ2) is 20.7. The van der Waals surface area contributed by atoms with Crippen molar-refractivity contribution in [3.8, 4) is 22.5 Å². The molecule has 6 heteroatoms. The Morgan fingerprint density at radius 3 is 1.84 bits per heavy atom. The van der Waals surface area contributed by atoms with Crippen molar-refractivity contribution >= 4 is 34.4 Å². The van der Waals surface area contributed by atoms with Crippen LogP contribution in [-0.2, 0) is 0 Å². The largest absolute Gasteiger partial charge is 0.348 e. The van der Waals surface area contributed by atoms with Gasteiger partial charge >= 0.3 is 0 Å². The molecular weight excluding hydrogens is 925 g/mol. The predicted octanol–water partition coefficient (Wildman–Crippen LogP) is 18.3. The summed E-state index contributed by atoms with van der Waals surface area (Å²) in [6, 6.07) is 60.9. The van der Waals surface area contributed by atoms with Gasteiger partial charge in [-0.05, 0) is 147 Å². The molecule has 0 spiro atoms. The van der Waals surface area contributed by atoms with Crippen LogP contribution in [0, 0.1) is 11.3 Å². The van der Waals surface area contributed by atoms with E-state index in [2.05, 4.69) is 276 Å². The number of benzene rings is 6. The van der Waals surface area contributed by atoms with Crippen molar-refractivity contribution in [1.29, 1.82) is 0 Å². The highest BCUT2D eigenvalue weighted by Crippen LogP contribution is 2.67. The number of para-hydroxylation sites is 4. The van der Waals surface area contributed by atoms with Gasteiger partial charge in [0.1, 0.15) is 0 Å². The monoisotopic (exact) mass is 993 g/mol. The molecule has 0 amide bonds. The summed E-state index contributed by atoms with van der Waals surface area (Å²) in [6.07, 6.45) is 15.8. The van der Waals surface area contributed by atoms with Crippen molar-refractivity contribution < 1.29 is 0 Å². The fraction of sp³-hybridized carbons (Fsp3) is 0.200. The van der Waals surface area contributed by atoms with Crippen LogP contribution in [0.3, 0.4) is 0 Å². The molecule has 4 aliphatic rings. The van der Waals surface area contributed by atoms with E-state index in [1.165, 1.54) is 56.3 Å². The molecule has 378 valence electrons. The number of aromatic nitrogens is 2. The van der Waals surface area contributed by atoms with E-state index >= 15 is 0 Å². The van der Waals surface area contributed by atoms with Gasteiger partial charge in [0, 0.05) is 86.7 Å². The van der Waals surface area contributed by atoms with Crippen LogP contribution in [0.5, 0.6) is 0 Å². The second-order valence-corrected chi connectivity index (χ2v) is 20.6. The maximum atomic E-state index is 5.62. The normalized spacial score (nSPS) is 20.8. The minimum atomic E-state index is -0.479. The molecule has 0 radical (unpaired) electrons. The molecule has 3 unspecified atom stereocenters. The van der Waals surface area contributed by atoms with Crippen LogP contribution in [0.15, 0.2) is 265 Å². The topological polar surface area (TPSA) is 38.7 Å². The molecule has 0 saturated carbocycles. The molecule has 0 N–H and O–H groups in total. The lowest BCUT2D eigenvalue weighted by molar-refractivity contribution is 0.430. The zero-order valence-corrected chi connectivity index (χ0v) is 45.1. The molecule has 7 aromatic rings. The molecule has 0 fully saturated rings. The molecule has 11 rings (SSSR count). The number of fused-ring (bicyclic) bond motifs is 2. The fourth-order valence-electron chi connectivity index (χ4n) is 12.7. The van der Waals surface area contributed by atoms with Gasteiger partial charge in [0.25, 0.3) is 0 Å². The van der Waals surface area contributed by atoms with Gasteiger partial charge in [0.05, 0.1) is 17.1 Å². The standard InChI is InChI=1S/C70H68N6/c1-10-29-61-58(55-39-24-26-41-62(55)74(61)52-34-20-16-21-35-52)45-57(47(6)12-3)48(7)73(9)54-38-28-33-51(43-54)60-46-59(50-31-18-15-19-32-50)71-69(72-60)76-65-44-49(13-4)67(65)70(8,66(76)14-5)68-56-40-25-27-42-63(56)75(64(68)30-11-2)53-36-22-17-23-37-53/h10-11,14-44,46-47,58,68H,1-2,12-13,45H2,3-9H3/b57-48+,61-29+,64-30+,66-14+/t47-,58?,68?,70?/m1/s1. The van der Waals surface area contributed by atoms with E-state index in [9.17, 15) is 0 Å². The third-order valence-electron chi connectivity index (χ3n) is 16.6. The summed E-state index contributed by atoms with van der Waals surface area (Å²) in [5.74, 6) is 1.14. The molecular formula is C70H68N6. The van der Waals surface area contributed by atoms with E-state index in [1.54, 1.807) is 0 Å². The van der Waals surface area contributed by atoms with E-state index in [1.807, 2.05) is 12.2 Å². The van der Waals surface area contributed by atoms with Crippen molar-refractivity contribution in [2.45, 2.75) is 72.6 Å². The number of nitrogens with zero attached hydrogens (tertiary/aromatic N) is 6. The summed E-state index contributed by atoms with van der Waals surface area (Å²) in [6.45, 7) is 22.4. The van der Waals surface area contributed by atoms with Crippen LogP contribution in [0.2, 0.25) is 0 Å². The predicted molar refractivity (Wildman–Crippen MR) is 320 cm³/mol. The average Bonchev–Trinajstić information content (AvgIpc) is 4.04. The van der Waals surface area contributed by atoms with E-state index in [0.29, 0.717) is 11.9 Å². The summed E-state index contributed by atoms with van der Waals surface area (Å²) >= 11 is 0. The van der Waals surface area contributed by atoms with Crippen molar-refractivity contribution in [2.75, 3.05) is 26.6 Å². The maximum Gasteiger partial charge on any atom is 0.235 e. The Morgan fingerprint density at radius 2 is 1.22 bits per heavy atom. The third-order valence-corrected chi connectivity index (χ3v) is 16.6. The van der Waals surface area contributed by atoms with Crippen LogP contribution in [0.25, 0.3) is 22.5 Å². The molecule has 4 atom stereocenters. The van der Waals surface area contributed by atoms with Crippen LogP contribution >= 0.6 is 0 Å². The molecule has 0 bridgehead atoms. The van der Waals surface area contributed by atoms with Gasteiger partial charge in [0.2, 0.25) is 5.95 Å². The quantitative estimate of drug-likeness (QED) is 0.102. The van der Waals surface area contributed by atoms with Crippen LogP contribution in [0.4, 0.5) is 34.4 Å². The first kappa shape index (κ1) is 49.7. The first-order valence-corrected chi connectivity index (χ1v) is 27.1. The van der Waals surface area contributed by atoms with Gasteiger partial charge in [-0.3, -0.25) is 4.90 Å². The van der Waals surface area contributed by atoms with E-state index in [0.717, 1.165) is 70.2 Å². The summed E-state index contributed by atoms with van der Waals surface area (Å²) in [5, 5.41) is 0. The van der Waals surface area contributed by atoms with Crippen molar-refractivity contribution in [3.05, 3.63) is 276 Å². The van der Waals surface area contributed by atoms with Crippen LogP contribution in [0.1, 0.15) is 83.8 Å². The van der Waals surface area contributed by atoms with Crippen LogP contribution < -0.4 is 19.6 Å². The maximum absolute atomic E-state index is 5.62. The van der Waals surface area contributed by atoms with E-state index < -0.39 is 5.41 Å². The fourth-order valence-corrected chi connectivity index (χ4v) is 12.7. The second-order valence-electron chi connectivity index (χ2n) is 20.6. The van der Waals surface area contributed by atoms with Gasteiger partial charge in [0.15, 0.2) is 0 Å². The smallest absolute Gasteiger partial charge is 0.235 e. The molecule has 3 aliphatic heterocycles. The SMILES string of the molecule is C=C/C=C1\C(C/C(=C(/C)N(C)c2cccc(-c3cc(-c4ccccc4)nc(N4C5=C(C(CC)=C5)C(C)(C5/C(=C\C=C)N(c6ccccc6)c6ccccc65)/C4=C\C)n3)c2)[C@H](C)CC)c2ccccc2N1c1ccccc1. The highest BCUT2D eigenvalue weighted by molar-refractivity contribution is 5.85. The van der Waals surface area contributed by atoms with E-state index in [-0.39, 0.29) is 11.8 Å². The van der Waals surface area contributed by atoms with Crippen LogP contribution in [-0.4, -0.2) is 17.0 Å². The highest BCUT2D eigenvalue weighted by atomic mass is 15.3.